The highest BCUT2D eigenvalue weighted by atomic mass is 16.2. The number of carbonyl (C=O) groups excluding carboxylic acids is 2. The van der Waals surface area contributed by atoms with Gasteiger partial charge in [-0.05, 0) is 6.07 Å². The summed E-state index contributed by atoms with van der Waals surface area (Å²) in [6.07, 6.45) is -0.516. The summed E-state index contributed by atoms with van der Waals surface area (Å²) in [5.41, 5.74) is 6.31. The van der Waals surface area contributed by atoms with Crippen LogP contribution in [0.1, 0.15) is 29.0 Å². The van der Waals surface area contributed by atoms with E-state index in [-0.39, 0.29) is 11.8 Å². The molecule has 1 aliphatic heterocycles. The van der Waals surface area contributed by atoms with Gasteiger partial charge in [0.15, 0.2) is 6.17 Å². The molecule has 0 aliphatic carbocycles. The summed E-state index contributed by atoms with van der Waals surface area (Å²) in [4.78, 5) is 22.1. The fraction of sp³-hybridized carbons (Fsp3) is 0.200. The van der Waals surface area contributed by atoms with Crippen LogP contribution in [0.2, 0.25) is 0 Å². The predicted octanol–water partition coefficient (Wildman–Crippen LogP) is 0.932. The molecule has 1 aliphatic rings. The molecule has 1 unspecified atom stereocenters. The lowest BCUT2D eigenvalue weighted by molar-refractivity contribution is -0.120. The van der Waals surface area contributed by atoms with Gasteiger partial charge in [0.1, 0.15) is 0 Å². The second-order valence-electron chi connectivity index (χ2n) is 3.34. The van der Waals surface area contributed by atoms with Gasteiger partial charge in [-0.15, -0.1) is 5.11 Å². The molecule has 1 aromatic rings. The Morgan fingerprint density at radius 1 is 1.38 bits per heavy atom. The van der Waals surface area contributed by atoms with E-state index in [0.29, 0.717) is 11.1 Å². The normalized spacial score (nSPS) is 18.1. The molecule has 0 aromatic heterocycles. The van der Waals surface area contributed by atoms with Crippen molar-refractivity contribution in [3.05, 3.63) is 35.4 Å². The van der Waals surface area contributed by atoms with Gasteiger partial charge in [-0.3, -0.25) is 15.0 Å². The second-order valence-corrected chi connectivity index (χ2v) is 3.34. The fourth-order valence-corrected chi connectivity index (χ4v) is 1.43. The van der Waals surface area contributed by atoms with Gasteiger partial charge in [-0.1, -0.05) is 18.2 Å². The van der Waals surface area contributed by atoms with Crippen LogP contribution in [0, 0.1) is 0 Å². The Kier molecular flexibility index (Phi) is 2.74. The summed E-state index contributed by atoms with van der Waals surface area (Å²) in [6, 6.07) is 7.01. The molecule has 1 atom stereocenters. The van der Waals surface area contributed by atoms with E-state index in [2.05, 4.69) is 21.1 Å². The quantitative estimate of drug-likeness (QED) is 0.724. The van der Waals surface area contributed by atoms with Crippen molar-refractivity contribution in [2.75, 3.05) is 0 Å². The highest BCUT2D eigenvalue weighted by molar-refractivity contribution is 5.96. The average molecular weight is 218 g/mol. The Bertz CT molecular complexity index is 470. The average Bonchev–Trinajstić information content (AvgIpc) is 2.28. The molecule has 82 valence electrons. The van der Waals surface area contributed by atoms with Gasteiger partial charge in [-0.25, -0.2) is 5.43 Å². The van der Waals surface area contributed by atoms with Gasteiger partial charge in [0.25, 0.3) is 5.91 Å². The molecule has 2 amide bonds. The molecular weight excluding hydrogens is 208 g/mol. The van der Waals surface area contributed by atoms with E-state index in [4.69, 9.17) is 0 Å². The zero-order chi connectivity index (χ0) is 11.5. The number of amides is 2. The van der Waals surface area contributed by atoms with E-state index in [1.165, 1.54) is 6.92 Å². The fourth-order valence-electron chi connectivity index (χ4n) is 1.43. The Labute approximate surface area is 91.7 Å². The first-order valence-corrected chi connectivity index (χ1v) is 4.74. The minimum Gasteiger partial charge on any atom is -0.290 e. The minimum absolute atomic E-state index is 0.232. The van der Waals surface area contributed by atoms with Crippen molar-refractivity contribution < 1.29 is 9.59 Å². The van der Waals surface area contributed by atoms with Crippen LogP contribution in [-0.2, 0) is 4.79 Å². The number of nitrogens with zero attached hydrogens (tertiary/aromatic N) is 2. The number of carbonyl (C=O) groups is 2. The van der Waals surface area contributed by atoms with Crippen LogP contribution in [0.15, 0.2) is 34.5 Å². The molecule has 6 nitrogen and oxygen atoms in total. The number of benzene rings is 1. The van der Waals surface area contributed by atoms with Crippen molar-refractivity contribution in [2.45, 2.75) is 13.1 Å². The molecule has 2 N–H and O–H groups in total. The summed E-state index contributed by atoms with van der Waals surface area (Å²) >= 11 is 0. The van der Waals surface area contributed by atoms with E-state index < -0.39 is 6.17 Å². The number of azo groups is 1. The van der Waals surface area contributed by atoms with Crippen LogP contribution in [0.4, 0.5) is 0 Å². The zero-order valence-electron chi connectivity index (χ0n) is 8.60. The molecule has 0 radical (unpaired) electrons. The SMILES string of the molecule is CC(=O)NNC1N=NC(=O)c2ccccc21. The summed E-state index contributed by atoms with van der Waals surface area (Å²) in [6.45, 7) is 1.38. The number of hydrazine groups is 1. The smallest absolute Gasteiger partial charge is 0.290 e. The van der Waals surface area contributed by atoms with Crippen LogP contribution >= 0.6 is 0 Å². The van der Waals surface area contributed by atoms with Crippen LogP contribution in [-0.4, -0.2) is 11.8 Å². The molecular formula is C10H10N4O2. The summed E-state index contributed by atoms with van der Waals surface area (Å²) in [5.74, 6) is -0.596. The first kappa shape index (κ1) is 10.4. The monoisotopic (exact) mass is 218 g/mol. The number of rotatable bonds is 2. The third-order valence-corrected chi connectivity index (χ3v) is 2.13. The molecule has 0 bridgehead atoms. The molecule has 0 spiro atoms. The molecule has 1 aromatic carbocycles. The summed E-state index contributed by atoms with van der Waals surface area (Å²) < 4.78 is 0. The van der Waals surface area contributed by atoms with E-state index >= 15 is 0 Å². The maximum Gasteiger partial charge on any atom is 0.295 e. The Morgan fingerprint density at radius 2 is 2.12 bits per heavy atom. The number of nitrogens with one attached hydrogen (secondary N) is 2. The van der Waals surface area contributed by atoms with Gasteiger partial charge in [0, 0.05) is 12.5 Å². The predicted molar refractivity (Wildman–Crippen MR) is 55.3 cm³/mol. The highest BCUT2D eigenvalue weighted by Crippen LogP contribution is 2.24. The molecule has 16 heavy (non-hydrogen) atoms. The van der Waals surface area contributed by atoms with E-state index in [1.54, 1.807) is 24.3 Å². The van der Waals surface area contributed by atoms with Crippen LogP contribution in [0.3, 0.4) is 0 Å². The number of fused-ring (bicyclic) bond motifs is 1. The molecule has 6 heteroatoms. The van der Waals surface area contributed by atoms with Crippen molar-refractivity contribution in [3.63, 3.8) is 0 Å². The van der Waals surface area contributed by atoms with Gasteiger partial charge >= 0.3 is 0 Å². The van der Waals surface area contributed by atoms with E-state index in [1.807, 2.05) is 0 Å². The van der Waals surface area contributed by atoms with Crippen LogP contribution in [0.25, 0.3) is 0 Å². The second kappa shape index (κ2) is 4.19. The lowest BCUT2D eigenvalue weighted by atomic mass is 10.0. The molecule has 0 saturated carbocycles. The summed E-state index contributed by atoms with van der Waals surface area (Å²) in [5, 5.41) is 7.28. The maximum absolute atomic E-state index is 11.4. The third kappa shape index (κ3) is 1.96. The number of hydrogen-bond donors (Lipinski definition) is 2. The van der Waals surface area contributed by atoms with Crippen molar-refractivity contribution in [1.82, 2.24) is 10.9 Å². The van der Waals surface area contributed by atoms with Crippen molar-refractivity contribution in [1.29, 1.82) is 0 Å². The zero-order valence-corrected chi connectivity index (χ0v) is 8.60. The minimum atomic E-state index is -0.516. The largest absolute Gasteiger partial charge is 0.295 e. The van der Waals surface area contributed by atoms with Crippen LogP contribution in [0.5, 0.6) is 0 Å². The highest BCUT2D eigenvalue weighted by Gasteiger charge is 2.22. The molecule has 0 saturated heterocycles. The first-order valence-electron chi connectivity index (χ1n) is 4.74. The van der Waals surface area contributed by atoms with Crippen LogP contribution < -0.4 is 10.9 Å². The van der Waals surface area contributed by atoms with Crippen molar-refractivity contribution >= 4 is 11.8 Å². The van der Waals surface area contributed by atoms with Gasteiger partial charge in [0.05, 0.1) is 5.56 Å². The first-order chi connectivity index (χ1) is 7.68. The maximum atomic E-state index is 11.4. The molecule has 2 rings (SSSR count). The lowest BCUT2D eigenvalue weighted by Crippen LogP contribution is -2.39. The third-order valence-electron chi connectivity index (χ3n) is 2.13. The van der Waals surface area contributed by atoms with Gasteiger partial charge < -0.3 is 0 Å². The molecule has 1 heterocycles. The van der Waals surface area contributed by atoms with Gasteiger partial charge in [-0.2, -0.15) is 5.11 Å². The Hall–Kier alpha value is -2.08. The standard InChI is InChI=1S/C10H10N4O2/c1-6(15)11-12-9-7-4-2-3-5-8(7)10(16)14-13-9/h2-5,9,12H,1H3,(H,11,15). The lowest BCUT2D eigenvalue weighted by Gasteiger charge is -2.18. The van der Waals surface area contributed by atoms with Gasteiger partial charge in [0.2, 0.25) is 5.91 Å². The topological polar surface area (TPSA) is 82.9 Å². The van der Waals surface area contributed by atoms with E-state index in [9.17, 15) is 9.59 Å². The molecule has 0 fully saturated rings. The summed E-state index contributed by atoms with van der Waals surface area (Å²) in [7, 11) is 0. The van der Waals surface area contributed by atoms with Crippen molar-refractivity contribution in [2.24, 2.45) is 10.2 Å². The number of hydrogen-bond acceptors (Lipinski definition) is 4. The Morgan fingerprint density at radius 3 is 2.88 bits per heavy atom. The van der Waals surface area contributed by atoms with Crippen molar-refractivity contribution in [3.8, 4) is 0 Å². The Balaban J connectivity index is 2.25. The van der Waals surface area contributed by atoms with E-state index in [0.717, 1.165) is 0 Å².